The zero-order chi connectivity index (χ0) is 23.8. The van der Waals surface area contributed by atoms with Crippen molar-refractivity contribution in [3.05, 3.63) is 78.2 Å². The summed E-state index contributed by atoms with van der Waals surface area (Å²) in [4.78, 5) is 5.70. The largest absolute Gasteiger partial charge is 0.433 e. The number of pyridine rings is 1. The van der Waals surface area contributed by atoms with Crippen molar-refractivity contribution in [1.29, 1.82) is 0 Å². The molecular weight excluding hydrogens is 453 g/mol. The molecule has 33 heavy (non-hydrogen) atoms. The normalized spacial score (nSPS) is 12.1. The molecule has 172 valence electrons. The summed E-state index contributed by atoms with van der Waals surface area (Å²) in [5.41, 5.74) is 6.46. The summed E-state index contributed by atoms with van der Waals surface area (Å²) in [5, 5.41) is 1.04. The van der Waals surface area contributed by atoms with E-state index in [1.165, 1.54) is 12.3 Å². The number of hydrogen-bond acceptors (Lipinski definition) is 4. The van der Waals surface area contributed by atoms with E-state index in [1.807, 2.05) is 41.1 Å². The Bertz CT molecular complexity index is 1350. The number of hydrogen-bond donors (Lipinski definition) is 3. The third-order valence-electron chi connectivity index (χ3n) is 5.28. The number of benzene rings is 2. The van der Waals surface area contributed by atoms with Gasteiger partial charge in [-0.1, -0.05) is 32.0 Å². The third kappa shape index (κ3) is 4.86. The summed E-state index contributed by atoms with van der Waals surface area (Å²) in [6, 6.07) is 15.4. The number of nitrogens with zero attached hydrogens (tertiary/aromatic N) is 2. The van der Waals surface area contributed by atoms with Crippen molar-refractivity contribution in [3.8, 4) is 16.8 Å². The molecule has 0 saturated carbocycles. The second kappa shape index (κ2) is 8.87. The first-order valence-corrected chi connectivity index (χ1v) is 11.3. The van der Waals surface area contributed by atoms with Gasteiger partial charge in [0.1, 0.15) is 5.69 Å². The molecule has 0 spiro atoms. The first-order valence-electron chi connectivity index (χ1n) is 10.1. The number of aromatic nitrogens is 2. The number of hydrazine groups is 1. The summed E-state index contributed by atoms with van der Waals surface area (Å²) < 4.78 is 62.0. The monoisotopic (exact) mass is 474 g/mol. The van der Waals surface area contributed by atoms with Crippen molar-refractivity contribution in [1.82, 2.24) is 14.4 Å². The standard InChI is InChI=1S/C23H21F3N4O2S/c1-14(2)20-13-30(18-7-5-17(6-8-18)28-29-33(31)32)21-11-15(3-9-19(20)21)16-4-10-22(27-12-16)23(24,25)26/h3-14,28,33H,1-2H3,(H,29,31,32). The molecule has 0 saturated heterocycles. The number of thiol groups is 1. The van der Waals surface area contributed by atoms with Crippen LogP contribution in [0.15, 0.2) is 67.0 Å². The van der Waals surface area contributed by atoms with E-state index in [9.17, 15) is 21.6 Å². The van der Waals surface area contributed by atoms with Gasteiger partial charge in [-0.15, -0.1) is 4.83 Å². The molecule has 0 amide bonds. The number of anilines is 1. The van der Waals surface area contributed by atoms with E-state index in [0.717, 1.165) is 33.8 Å². The molecule has 0 atom stereocenters. The zero-order valence-electron chi connectivity index (χ0n) is 17.7. The first-order chi connectivity index (χ1) is 15.6. The molecule has 0 aliphatic rings. The van der Waals surface area contributed by atoms with Crippen LogP contribution < -0.4 is 10.3 Å². The van der Waals surface area contributed by atoms with Crippen molar-refractivity contribution in [2.45, 2.75) is 25.9 Å². The van der Waals surface area contributed by atoms with Crippen LogP contribution in [0.1, 0.15) is 31.0 Å². The fourth-order valence-corrected chi connectivity index (χ4v) is 3.87. The van der Waals surface area contributed by atoms with E-state index in [-0.39, 0.29) is 5.92 Å². The molecule has 0 fully saturated rings. The molecular formula is C23H21F3N4O2S. The summed E-state index contributed by atoms with van der Waals surface area (Å²) in [6.45, 7) is 4.19. The molecule has 0 unspecified atom stereocenters. The maximum absolute atomic E-state index is 12.9. The fraction of sp³-hybridized carbons (Fsp3) is 0.174. The average molecular weight is 475 g/mol. The lowest BCUT2D eigenvalue weighted by Gasteiger charge is -2.10. The van der Waals surface area contributed by atoms with E-state index in [4.69, 9.17) is 0 Å². The zero-order valence-corrected chi connectivity index (χ0v) is 18.6. The van der Waals surface area contributed by atoms with Crippen molar-refractivity contribution >= 4 is 27.5 Å². The minimum absolute atomic E-state index is 0.255. The van der Waals surface area contributed by atoms with Crippen LogP contribution in [0.4, 0.5) is 18.9 Å². The van der Waals surface area contributed by atoms with Gasteiger partial charge in [0.05, 0.1) is 5.52 Å². The van der Waals surface area contributed by atoms with Gasteiger partial charge in [0.25, 0.3) is 0 Å². The predicted octanol–water partition coefficient (Wildman–Crippen LogP) is 5.28. The van der Waals surface area contributed by atoms with Gasteiger partial charge in [-0.2, -0.15) is 13.2 Å². The van der Waals surface area contributed by atoms with E-state index < -0.39 is 22.8 Å². The second-order valence-corrected chi connectivity index (χ2v) is 8.55. The van der Waals surface area contributed by atoms with Gasteiger partial charge in [0.15, 0.2) is 0 Å². The van der Waals surface area contributed by atoms with Gasteiger partial charge in [0, 0.05) is 34.7 Å². The van der Waals surface area contributed by atoms with Gasteiger partial charge in [-0.05, 0) is 53.4 Å². The Kier molecular flexibility index (Phi) is 6.13. The number of rotatable bonds is 6. The highest BCUT2D eigenvalue weighted by atomic mass is 32.2. The van der Waals surface area contributed by atoms with E-state index in [1.54, 1.807) is 12.1 Å². The summed E-state index contributed by atoms with van der Waals surface area (Å²) in [6.07, 6.45) is -1.21. The van der Waals surface area contributed by atoms with Crippen LogP contribution in [-0.2, 0) is 17.1 Å². The Labute approximate surface area is 190 Å². The van der Waals surface area contributed by atoms with Crippen LogP contribution >= 0.6 is 0 Å². The van der Waals surface area contributed by atoms with Crippen molar-refractivity contribution in [2.24, 2.45) is 0 Å². The number of fused-ring (bicyclic) bond motifs is 1. The van der Waals surface area contributed by atoms with Crippen molar-refractivity contribution < 1.29 is 21.6 Å². The molecule has 4 rings (SSSR count). The molecule has 6 nitrogen and oxygen atoms in total. The maximum Gasteiger partial charge on any atom is 0.433 e. The van der Waals surface area contributed by atoms with Gasteiger partial charge >= 0.3 is 6.18 Å². The molecule has 4 aromatic rings. The molecule has 0 aliphatic heterocycles. The van der Waals surface area contributed by atoms with Crippen molar-refractivity contribution in [2.75, 3.05) is 5.43 Å². The fourth-order valence-electron chi connectivity index (χ4n) is 3.65. The highest BCUT2D eigenvalue weighted by Crippen LogP contribution is 2.34. The van der Waals surface area contributed by atoms with Gasteiger partial charge in [-0.3, -0.25) is 4.98 Å². The Morgan fingerprint density at radius 1 is 0.970 bits per heavy atom. The highest BCUT2D eigenvalue weighted by Gasteiger charge is 2.32. The molecule has 2 heterocycles. The van der Waals surface area contributed by atoms with Crippen LogP contribution in [0.5, 0.6) is 0 Å². The molecule has 2 aromatic heterocycles. The van der Waals surface area contributed by atoms with Crippen LogP contribution in [0.2, 0.25) is 0 Å². The Morgan fingerprint density at radius 3 is 2.24 bits per heavy atom. The van der Waals surface area contributed by atoms with Crippen molar-refractivity contribution in [3.63, 3.8) is 0 Å². The second-order valence-electron chi connectivity index (χ2n) is 7.81. The molecule has 0 aliphatic carbocycles. The smallest absolute Gasteiger partial charge is 0.316 e. The quantitative estimate of drug-likeness (QED) is 0.263. The Balaban J connectivity index is 1.76. The molecule has 0 bridgehead atoms. The minimum atomic E-state index is -4.48. The van der Waals surface area contributed by atoms with Gasteiger partial charge in [-0.25, -0.2) is 8.42 Å². The Morgan fingerprint density at radius 2 is 1.67 bits per heavy atom. The number of halogens is 3. The first kappa shape index (κ1) is 22.8. The summed E-state index contributed by atoms with van der Waals surface area (Å²) in [7, 11) is -2.77. The van der Waals surface area contributed by atoms with Crippen LogP contribution in [0.3, 0.4) is 0 Å². The van der Waals surface area contributed by atoms with E-state index in [2.05, 4.69) is 29.1 Å². The lowest BCUT2D eigenvalue weighted by Crippen LogP contribution is -2.18. The van der Waals surface area contributed by atoms with Crippen LogP contribution in [0, 0.1) is 0 Å². The van der Waals surface area contributed by atoms with Crippen LogP contribution in [-0.4, -0.2) is 18.0 Å². The highest BCUT2D eigenvalue weighted by molar-refractivity contribution is 7.70. The molecule has 2 aromatic carbocycles. The third-order valence-corrected chi connectivity index (χ3v) is 5.58. The Hall–Kier alpha value is -3.37. The van der Waals surface area contributed by atoms with Gasteiger partial charge in [0.2, 0.25) is 10.9 Å². The summed E-state index contributed by atoms with van der Waals surface area (Å²) in [5.74, 6) is 0.255. The molecule has 2 N–H and O–H groups in total. The number of alkyl halides is 3. The topological polar surface area (TPSA) is 76.0 Å². The van der Waals surface area contributed by atoms with Gasteiger partial charge < -0.3 is 9.99 Å². The van der Waals surface area contributed by atoms with E-state index in [0.29, 0.717) is 11.3 Å². The lowest BCUT2D eigenvalue weighted by atomic mass is 10.00. The van der Waals surface area contributed by atoms with Crippen LogP contribution in [0.25, 0.3) is 27.7 Å². The van der Waals surface area contributed by atoms with E-state index >= 15 is 0 Å². The summed E-state index contributed by atoms with van der Waals surface area (Å²) >= 11 is 0. The maximum atomic E-state index is 12.9. The SMILES string of the molecule is CC(C)c1cn(-c2ccc(NN[SH](=O)=O)cc2)c2cc(-c3ccc(C(F)(F)F)nc3)ccc12. The number of nitrogens with one attached hydrogen (secondary N) is 2. The molecule has 0 radical (unpaired) electrons. The average Bonchev–Trinajstić information content (AvgIpc) is 3.17. The predicted molar refractivity (Wildman–Crippen MR) is 123 cm³/mol. The molecule has 10 heteroatoms. The lowest BCUT2D eigenvalue weighted by molar-refractivity contribution is -0.141. The minimum Gasteiger partial charge on any atom is -0.316 e.